The molecule has 1 saturated carbocycles. The number of fused-ring (bicyclic) bond motifs is 5. The number of hydrogen-bond acceptors (Lipinski definition) is 3. The first-order chi connectivity index (χ1) is 13.5. The Balaban J connectivity index is 1.42. The van der Waals surface area contributed by atoms with E-state index >= 15 is 0 Å². The SMILES string of the molecule is Cc1ccccc1NC(=O)c1cccc(N2C(=O)[C@@H]3[C@H](C2=O)[C@H]2C=C[C@@H]3C2)c1. The second kappa shape index (κ2) is 6.16. The largest absolute Gasteiger partial charge is 0.322 e. The first-order valence-electron chi connectivity index (χ1n) is 9.58. The summed E-state index contributed by atoms with van der Waals surface area (Å²) in [4.78, 5) is 39.9. The van der Waals surface area contributed by atoms with Crippen LogP contribution in [0.2, 0.25) is 0 Å². The number of carbonyl (C=O) groups is 3. The van der Waals surface area contributed by atoms with Crippen molar-refractivity contribution in [1.29, 1.82) is 0 Å². The van der Waals surface area contributed by atoms with Gasteiger partial charge >= 0.3 is 0 Å². The molecule has 140 valence electrons. The molecule has 3 amide bonds. The highest BCUT2D eigenvalue weighted by Gasteiger charge is 2.59. The maximum atomic E-state index is 13.0. The molecule has 1 aliphatic heterocycles. The van der Waals surface area contributed by atoms with Gasteiger partial charge < -0.3 is 5.32 Å². The Hall–Kier alpha value is -3.21. The van der Waals surface area contributed by atoms with Crippen molar-refractivity contribution in [2.45, 2.75) is 13.3 Å². The van der Waals surface area contributed by atoms with Crippen molar-refractivity contribution in [2.24, 2.45) is 23.7 Å². The van der Waals surface area contributed by atoms with Gasteiger partial charge in [-0.3, -0.25) is 14.4 Å². The molecule has 4 atom stereocenters. The number of hydrogen-bond donors (Lipinski definition) is 1. The number of carbonyl (C=O) groups excluding carboxylic acids is 3. The molecule has 2 bridgehead atoms. The Morgan fingerprint density at radius 3 is 2.32 bits per heavy atom. The molecule has 2 aliphatic carbocycles. The average molecular weight is 372 g/mol. The predicted molar refractivity (Wildman–Crippen MR) is 106 cm³/mol. The van der Waals surface area contributed by atoms with E-state index in [-0.39, 0.29) is 41.4 Å². The summed E-state index contributed by atoms with van der Waals surface area (Å²) in [5, 5.41) is 2.89. The molecule has 0 aromatic heterocycles. The number of nitrogens with zero attached hydrogens (tertiary/aromatic N) is 1. The van der Waals surface area contributed by atoms with Gasteiger partial charge in [0.1, 0.15) is 0 Å². The molecular formula is C23H20N2O3. The molecule has 2 aromatic carbocycles. The minimum absolute atomic E-state index is 0.136. The van der Waals surface area contributed by atoms with Gasteiger partial charge in [-0.05, 0) is 55.0 Å². The zero-order valence-electron chi connectivity index (χ0n) is 15.5. The van der Waals surface area contributed by atoms with Gasteiger partial charge in [0, 0.05) is 11.3 Å². The molecule has 0 radical (unpaired) electrons. The third kappa shape index (κ3) is 2.43. The topological polar surface area (TPSA) is 66.5 Å². The minimum Gasteiger partial charge on any atom is -0.322 e. The van der Waals surface area contributed by atoms with E-state index in [1.165, 1.54) is 4.90 Å². The van der Waals surface area contributed by atoms with Gasteiger partial charge in [0.05, 0.1) is 17.5 Å². The molecule has 3 aliphatic rings. The number of imide groups is 1. The standard InChI is InChI=1S/C23H20N2O3/c1-13-5-2-3-8-18(13)24-21(26)16-6-4-7-17(12-16)25-22(27)19-14-9-10-15(11-14)20(19)23(25)28/h2-10,12,14-15,19-20H,11H2,1H3,(H,24,26)/t14-,15+,19+,20-. The van der Waals surface area contributed by atoms with Crippen molar-refractivity contribution >= 4 is 29.1 Å². The average Bonchev–Trinajstić information content (AvgIpc) is 3.37. The van der Waals surface area contributed by atoms with Gasteiger partial charge in [0.25, 0.3) is 5.91 Å². The van der Waals surface area contributed by atoms with Crippen LogP contribution in [-0.4, -0.2) is 17.7 Å². The number of aryl methyl sites for hydroxylation is 1. The predicted octanol–water partition coefficient (Wildman–Crippen LogP) is 3.56. The fraction of sp³-hybridized carbons (Fsp3) is 0.261. The molecule has 2 fully saturated rings. The fourth-order valence-corrected chi connectivity index (χ4v) is 4.85. The molecule has 28 heavy (non-hydrogen) atoms. The molecule has 1 heterocycles. The van der Waals surface area contributed by atoms with Crippen LogP contribution in [0, 0.1) is 30.6 Å². The molecule has 1 N–H and O–H groups in total. The lowest BCUT2D eigenvalue weighted by molar-refractivity contribution is -0.123. The Bertz CT molecular complexity index is 1010. The lowest BCUT2D eigenvalue weighted by Gasteiger charge is -2.18. The van der Waals surface area contributed by atoms with Crippen molar-refractivity contribution < 1.29 is 14.4 Å². The lowest BCUT2D eigenvalue weighted by atomic mass is 9.85. The van der Waals surface area contributed by atoms with Crippen LogP contribution in [0.3, 0.4) is 0 Å². The van der Waals surface area contributed by atoms with E-state index in [2.05, 4.69) is 17.5 Å². The van der Waals surface area contributed by atoms with Gasteiger partial charge in [-0.25, -0.2) is 4.90 Å². The van der Waals surface area contributed by atoms with Gasteiger partial charge in [-0.1, -0.05) is 36.4 Å². The molecule has 5 nitrogen and oxygen atoms in total. The van der Waals surface area contributed by atoms with Crippen molar-refractivity contribution in [2.75, 3.05) is 10.2 Å². The monoisotopic (exact) mass is 372 g/mol. The van der Waals surface area contributed by atoms with E-state index in [1.54, 1.807) is 24.3 Å². The highest BCUT2D eigenvalue weighted by atomic mass is 16.2. The van der Waals surface area contributed by atoms with Crippen molar-refractivity contribution in [3.8, 4) is 0 Å². The van der Waals surface area contributed by atoms with Crippen LogP contribution in [0.4, 0.5) is 11.4 Å². The van der Waals surface area contributed by atoms with Crippen LogP contribution in [0.5, 0.6) is 0 Å². The number of nitrogens with one attached hydrogen (secondary N) is 1. The van der Waals surface area contributed by atoms with Crippen molar-refractivity contribution in [3.63, 3.8) is 0 Å². The number of anilines is 2. The number of amides is 3. The van der Waals surface area contributed by atoms with Crippen LogP contribution in [-0.2, 0) is 9.59 Å². The molecule has 0 unspecified atom stereocenters. The Kier molecular flexibility index (Phi) is 3.72. The molecular weight excluding hydrogens is 352 g/mol. The van der Waals surface area contributed by atoms with Crippen LogP contribution in [0.25, 0.3) is 0 Å². The quantitative estimate of drug-likeness (QED) is 0.662. The second-order valence-corrected chi connectivity index (χ2v) is 7.83. The van der Waals surface area contributed by atoms with E-state index in [9.17, 15) is 14.4 Å². The van der Waals surface area contributed by atoms with Crippen molar-refractivity contribution in [3.05, 3.63) is 71.8 Å². The zero-order chi connectivity index (χ0) is 19.4. The minimum atomic E-state index is -0.267. The lowest BCUT2D eigenvalue weighted by Crippen LogP contribution is -2.33. The van der Waals surface area contributed by atoms with Gasteiger partial charge in [-0.2, -0.15) is 0 Å². The summed E-state index contributed by atoms with van der Waals surface area (Å²) in [6.45, 7) is 1.93. The van der Waals surface area contributed by atoms with Crippen LogP contribution in [0.15, 0.2) is 60.7 Å². The third-order valence-corrected chi connectivity index (χ3v) is 6.23. The number of benzene rings is 2. The summed E-state index contributed by atoms with van der Waals surface area (Å²) in [5.74, 6) is -0.685. The maximum Gasteiger partial charge on any atom is 0.255 e. The van der Waals surface area contributed by atoms with Crippen LogP contribution in [0.1, 0.15) is 22.3 Å². The summed E-state index contributed by atoms with van der Waals surface area (Å²) in [6, 6.07) is 14.3. The third-order valence-electron chi connectivity index (χ3n) is 6.23. The van der Waals surface area contributed by atoms with E-state index in [1.807, 2.05) is 31.2 Å². The summed E-state index contributed by atoms with van der Waals surface area (Å²) in [5.41, 5.74) is 2.59. The Labute approximate surface area is 163 Å². The van der Waals surface area contributed by atoms with Crippen LogP contribution < -0.4 is 10.2 Å². The fourth-order valence-electron chi connectivity index (χ4n) is 4.85. The zero-order valence-corrected chi connectivity index (χ0v) is 15.5. The van der Waals surface area contributed by atoms with E-state index in [0.717, 1.165) is 17.7 Å². The summed E-state index contributed by atoms with van der Waals surface area (Å²) in [7, 11) is 0. The number of allylic oxidation sites excluding steroid dienone is 2. The van der Waals surface area contributed by atoms with E-state index in [0.29, 0.717) is 11.3 Å². The maximum absolute atomic E-state index is 13.0. The van der Waals surface area contributed by atoms with Crippen molar-refractivity contribution in [1.82, 2.24) is 0 Å². The number of rotatable bonds is 3. The van der Waals surface area contributed by atoms with E-state index in [4.69, 9.17) is 0 Å². The van der Waals surface area contributed by atoms with Gasteiger partial charge in [-0.15, -0.1) is 0 Å². The molecule has 2 aromatic rings. The second-order valence-electron chi connectivity index (χ2n) is 7.83. The Morgan fingerprint density at radius 2 is 1.64 bits per heavy atom. The highest BCUT2D eigenvalue weighted by molar-refractivity contribution is 6.23. The molecule has 1 saturated heterocycles. The smallest absolute Gasteiger partial charge is 0.255 e. The molecule has 0 spiro atoms. The summed E-state index contributed by atoms with van der Waals surface area (Å²) < 4.78 is 0. The molecule has 5 rings (SSSR count). The van der Waals surface area contributed by atoms with E-state index < -0.39 is 0 Å². The first kappa shape index (κ1) is 16.9. The van der Waals surface area contributed by atoms with Gasteiger partial charge in [0.2, 0.25) is 11.8 Å². The van der Waals surface area contributed by atoms with Gasteiger partial charge in [0.15, 0.2) is 0 Å². The highest BCUT2D eigenvalue weighted by Crippen LogP contribution is 2.53. The summed E-state index contributed by atoms with van der Waals surface area (Å²) in [6.07, 6.45) is 5.05. The number of para-hydroxylation sites is 1. The molecule has 5 heteroatoms. The van der Waals surface area contributed by atoms with Crippen LogP contribution >= 0.6 is 0 Å². The summed E-state index contributed by atoms with van der Waals surface area (Å²) >= 11 is 0. The normalized spacial score (nSPS) is 27.4. The Morgan fingerprint density at radius 1 is 0.964 bits per heavy atom. The first-order valence-corrected chi connectivity index (χ1v) is 9.58.